The molecule has 0 aromatic heterocycles. The molecule has 1 saturated carbocycles. The number of hydrogen-bond donors (Lipinski definition) is 2. The molecule has 2 saturated heterocycles. The minimum absolute atomic E-state index is 0.0597. The van der Waals surface area contributed by atoms with Crippen LogP contribution in [-0.4, -0.2) is 54.3 Å². The van der Waals surface area contributed by atoms with Crippen LogP contribution < -0.4 is 10.6 Å². The summed E-state index contributed by atoms with van der Waals surface area (Å²) in [7, 11) is 0. The molecule has 3 fully saturated rings. The molecule has 172 valence electrons. The number of aldehydes is 1. The smallest absolute Gasteiger partial charge is 0.410 e. The summed E-state index contributed by atoms with van der Waals surface area (Å²) in [5.74, 6) is -0.703. The molecule has 1 aromatic carbocycles. The van der Waals surface area contributed by atoms with Crippen LogP contribution in [0.3, 0.4) is 0 Å². The van der Waals surface area contributed by atoms with Gasteiger partial charge in [0.25, 0.3) is 0 Å². The minimum Gasteiger partial charge on any atom is -0.445 e. The normalized spacial score (nSPS) is 24.9. The molecule has 3 aliphatic rings. The first-order valence-corrected chi connectivity index (χ1v) is 11.5. The molecule has 3 amide bonds. The topological polar surface area (TPSA) is 105 Å². The summed E-state index contributed by atoms with van der Waals surface area (Å²) in [4.78, 5) is 51.1. The Balaban J connectivity index is 1.42. The molecule has 8 nitrogen and oxygen atoms in total. The van der Waals surface area contributed by atoms with Crippen LogP contribution in [0.25, 0.3) is 0 Å². The van der Waals surface area contributed by atoms with Gasteiger partial charge in [0.1, 0.15) is 18.9 Å². The summed E-state index contributed by atoms with van der Waals surface area (Å²) >= 11 is 0. The van der Waals surface area contributed by atoms with E-state index in [1.54, 1.807) is 0 Å². The second-order valence-electron chi connectivity index (χ2n) is 9.36. The molecular weight excluding hydrogens is 410 g/mol. The minimum atomic E-state index is -0.751. The van der Waals surface area contributed by atoms with Crippen LogP contribution in [0, 0.1) is 11.3 Å². The van der Waals surface area contributed by atoms with Gasteiger partial charge in [0.15, 0.2) is 0 Å². The first-order chi connectivity index (χ1) is 15.5. The zero-order valence-electron chi connectivity index (χ0n) is 18.3. The molecule has 0 bridgehead atoms. The van der Waals surface area contributed by atoms with Gasteiger partial charge in [-0.2, -0.15) is 0 Å². The Hall–Kier alpha value is -2.90. The molecule has 0 radical (unpaired) electrons. The van der Waals surface area contributed by atoms with E-state index in [1.807, 2.05) is 30.3 Å². The largest absolute Gasteiger partial charge is 0.445 e. The zero-order valence-corrected chi connectivity index (χ0v) is 18.3. The van der Waals surface area contributed by atoms with Gasteiger partial charge in [-0.05, 0) is 43.1 Å². The maximum atomic E-state index is 13.2. The number of benzene rings is 1. The molecule has 2 N–H and O–H groups in total. The number of likely N-dealkylation sites (tertiary alicyclic amines) is 1. The van der Waals surface area contributed by atoms with Crippen molar-refractivity contribution in [3.8, 4) is 0 Å². The van der Waals surface area contributed by atoms with Crippen LogP contribution in [0.5, 0.6) is 0 Å². The lowest BCUT2D eigenvalue weighted by Gasteiger charge is -2.25. The van der Waals surface area contributed by atoms with Crippen molar-refractivity contribution in [1.82, 2.24) is 15.5 Å². The highest BCUT2D eigenvalue weighted by Crippen LogP contribution is 2.48. The number of carbonyl (C=O) groups excluding carboxylic acids is 4. The first-order valence-electron chi connectivity index (χ1n) is 11.5. The van der Waals surface area contributed by atoms with E-state index in [2.05, 4.69) is 10.6 Å². The zero-order chi connectivity index (χ0) is 22.6. The molecular formula is C24H31N3O5. The summed E-state index contributed by atoms with van der Waals surface area (Å²) in [6.45, 7) is 1.23. The molecule has 3 unspecified atom stereocenters. The highest BCUT2D eigenvalue weighted by Gasteiger charge is 2.50. The summed E-state index contributed by atoms with van der Waals surface area (Å²) in [5.41, 5.74) is 0.822. The van der Waals surface area contributed by atoms with E-state index >= 15 is 0 Å². The van der Waals surface area contributed by atoms with Crippen LogP contribution in [0.4, 0.5) is 4.79 Å². The quantitative estimate of drug-likeness (QED) is 0.631. The molecule has 1 aliphatic carbocycles. The highest BCUT2D eigenvalue weighted by atomic mass is 16.6. The maximum Gasteiger partial charge on any atom is 0.410 e. The fourth-order valence-corrected chi connectivity index (χ4v) is 5.38. The molecule has 2 aliphatic heterocycles. The second kappa shape index (κ2) is 9.71. The molecule has 8 heteroatoms. The fraction of sp³-hybridized carbons (Fsp3) is 0.583. The number of nitrogens with zero attached hydrogens (tertiary/aromatic N) is 1. The Kier molecular flexibility index (Phi) is 6.77. The molecule has 3 atom stereocenters. The van der Waals surface area contributed by atoms with Crippen LogP contribution in [-0.2, 0) is 25.7 Å². The van der Waals surface area contributed by atoms with Crippen molar-refractivity contribution >= 4 is 24.2 Å². The predicted molar refractivity (Wildman–Crippen MR) is 116 cm³/mol. The molecule has 4 rings (SSSR count). The average molecular weight is 442 g/mol. The van der Waals surface area contributed by atoms with Crippen molar-refractivity contribution in [3.05, 3.63) is 35.9 Å². The average Bonchev–Trinajstić information content (AvgIpc) is 3.53. The van der Waals surface area contributed by atoms with Crippen molar-refractivity contribution in [1.29, 1.82) is 0 Å². The van der Waals surface area contributed by atoms with Gasteiger partial charge in [0.05, 0.1) is 6.04 Å². The third kappa shape index (κ3) is 4.95. The Labute approximate surface area is 188 Å². The van der Waals surface area contributed by atoms with Gasteiger partial charge in [-0.3, -0.25) is 14.5 Å². The summed E-state index contributed by atoms with van der Waals surface area (Å²) in [6, 6.07) is 8.01. The van der Waals surface area contributed by atoms with Crippen molar-refractivity contribution in [2.75, 3.05) is 13.1 Å². The van der Waals surface area contributed by atoms with E-state index < -0.39 is 18.2 Å². The summed E-state index contributed by atoms with van der Waals surface area (Å²) < 4.78 is 5.53. The highest BCUT2D eigenvalue weighted by molar-refractivity contribution is 5.88. The monoisotopic (exact) mass is 441 g/mol. The number of amides is 3. The molecule has 32 heavy (non-hydrogen) atoms. The Morgan fingerprint density at radius 3 is 2.66 bits per heavy atom. The Morgan fingerprint density at radius 1 is 1.25 bits per heavy atom. The van der Waals surface area contributed by atoms with Crippen LogP contribution in [0.2, 0.25) is 0 Å². The summed E-state index contributed by atoms with van der Waals surface area (Å²) in [6.07, 6.45) is 5.84. The maximum absolute atomic E-state index is 13.2. The van der Waals surface area contributed by atoms with E-state index in [0.29, 0.717) is 32.2 Å². The predicted octanol–water partition coefficient (Wildman–Crippen LogP) is 2.17. The fourth-order valence-electron chi connectivity index (χ4n) is 5.38. The third-order valence-corrected chi connectivity index (χ3v) is 7.11. The molecule has 1 aromatic rings. The Morgan fingerprint density at radius 2 is 2.00 bits per heavy atom. The van der Waals surface area contributed by atoms with E-state index in [0.717, 1.165) is 31.2 Å². The van der Waals surface area contributed by atoms with Gasteiger partial charge in [0.2, 0.25) is 11.8 Å². The second-order valence-corrected chi connectivity index (χ2v) is 9.36. The SMILES string of the molecule is O=CC(CC1CCNC1=O)NC(=O)C1CC2(CCCC2)CN1C(=O)OCc1ccccc1. The Bertz CT molecular complexity index is 852. The number of rotatable bonds is 7. The van der Waals surface area contributed by atoms with E-state index in [-0.39, 0.29) is 36.2 Å². The van der Waals surface area contributed by atoms with Gasteiger partial charge < -0.3 is 20.2 Å². The van der Waals surface area contributed by atoms with Gasteiger partial charge in [-0.1, -0.05) is 43.2 Å². The van der Waals surface area contributed by atoms with E-state index in [1.165, 1.54) is 4.90 Å². The lowest BCUT2D eigenvalue weighted by Crippen LogP contribution is -2.50. The molecule has 2 heterocycles. The van der Waals surface area contributed by atoms with E-state index in [4.69, 9.17) is 4.74 Å². The van der Waals surface area contributed by atoms with Crippen molar-refractivity contribution in [2.45, 2.75) is 63.6 Å². The number of nitrogens with one attached hydrogen (secondary N) is 2. The van der Waals surface area contributed by atoms with Gasteiger partial charge in [0, 0.05) is 19.0 Å². The van der Waals surface area contributed by atoms with Crippen molar-refractivity contribution < 1.29 is 23.9 Å². The van der Waals surface area contributed by atoms with Crippen molar-refractivity contribution in [3.63, 3.8) is 0 Å². The van der Waals surface area contributed by atoms with E-state index in [9.17, 15) is 19.2 Å². The van der Waals surface area contributed by atoms with Crippen LogP contribution >= 0.6 is 0 Å². The van der Waals surface area contributed by atoms with Crippen LogP contribution in [0.15, 0.2) is 30.3 Å². The number of carbonyl (C=O) groups is 4. The van der Waals surface area contributed by atoms with Gasteiger partial charge >= 0.3 is 6.09 Å². The number of ether oxygens (including phenoxy) is 1. The van der Waals surface area contributed by atoms with Crippen molar-refractivity contribution in [2.24, 2.45) is 11.3 Å². The first kappa shape index (κ1) is 22.3. The third-order valence-electron chi connectivity index (χ3n) is 7.11. The standard InChI is InChI=1S/C24H31N3O5/c28-14-19(12-18-8-11-25-21(18)29)26-22(30)20-13-24(9-4-5-10-24)16-27(20)23(31)32-15-17-6-2-1-3-7-17/h1-3,6-7,14,18-20H,4-5,8-13,15-16H2,(H,25,29)(H,26,30). The lowest BCUT2D eigenvalue weighted by molar-refractivity contribution is -0.128. The molecule has 1 spiro atoms. The van der Waals surface area contributed by atoms with Gasteiger partial charge in [-0.15, -0.1) is 0 Å². The lowest BCUT2D eigenvalue weighted by atomic mass is 9.84. The number of hydrogen-bond acceptors (Lipinski definition) is 5. The summed E-state index contributed by atoms with van der Waals surface area (Å²) in [5, 5.41) is 5.54. The van der Waals surface area contributed by atoms with Crippen LogP contribution in [0.1, 0.15) is 50.5 Å². The van der Waals surface area contributed by atoms with Gasteiger partial charge in [-0.25, -0.2) is 4.79 Å².